The third-order valence-electron chi connectivity index (χ3n) is 2.81. The average molecular weight is 305 g/mol. The summed E-state index contributed by atoms with van der Waals surface area (Å²) in [4.78, 5) is 12.1. The molecule has 5 heteroatoms. The predicted molar refractivity (Wildman–Crippen MR) is 87.1 cm³/mol. The first-order valence-electron chi connectivity index (χ1n) is 6.51. The lowest BCUT2D eigenvalue weighted by Crippen LogP contribution is -2.00. The molecule has 0 saturated heterocycles. The van der Waals surface area contributed by atoms with Crippen molar-refractivity contribution in [3.05, 3.63) is 23.3 Å². The van der Waals surface area contributed by atoms with Crippen LogP contribution in [0.15, 0.2) is 17.0 Å². The molecule has 1 aromatic rings. The number of terminal acetylenes is 1. The zero-order chi connectivity index (χ0) is 15.8. The average Bonchev–Trinajstić information content (AvgIpc) is 2.46. The van der Waals surface area contributed by atoms with Crippen molar-refractivity contribution in [2.24, 2.45) is 0 Å². The summed E-state index contributed by atoms with van der Waals surface area (Å²) in [5.74, 6) is 2.17. The Morgan fingerprint density at radius 1 is 1.62 bits per heavy atom. The van der Waals surface area contributed by atoms with E-state index in [2.05, 4.69) is 5.92 Å². The van der Waals surface area contributed by atoms with Crippen LogP contribution in [0.4, 0.5) is 5.69 Å². The minimum absolute atomic E-state index is 0.101. The quantitative estimate of drug-likeness (QED) is 0.211. The summed E-state index contributed by atoms with van der Waals surface area (Å²) in [6.45, 7) is 2.03. The summed E-state index contributed by atoms with van der Waals surface area (Å²) in [7, 11) is 0. The zero-order valence-electron chi connectivity index (χ0n) is 12.2. The maximum atomic E-state index is 11.4. The molecule has 0 spiro atoms. The number of anilines is 1. The van der Waals surface area contributed by atoms with Crippen LogP contribution in [0.2, 0.25) is 0 Å². The van der Waals surface area contributed by atoms with Crippen LogP contribution in [0.5, 0.6) is 5.75 Å². The van der Waals surface area contributed by atoms with Gasteiger partial charge in [0.2, 0.25) is 0 Å². The second-order valence-electron chi connectivity index (χ2n) is 4.21. The number of hydrogen-bond acceptors (Lipinski definition) is 5. The third kappa shape index (κ3) is 4.47. The van der Waals surface area contributed by atoms with Crippen LogP contribution < -0.4 is 5.73 Å². The molecule has 0 unspecified atom stereocenters. The van der Waals surface area contributed by atoms with E-state index in [4.69, 9.17) is 16.9 Å². The number of benzene rings is 1. The summed E-state index contributed by atoms with van der Waals surface area (Å²) in [6.07, 6.45) is 10.9. The Morgan fingerprint density at radius 3 is 2.90 bits per heavy atom. The number of aromatic hydroxyl groups is 1. The van der Waals surface area contributed by atoms with Gasteiger partial charge in [-0.05, 0) is 37.3 Å². The number of aryl methyl sites for hydroxylation is 1. The fourth-order valence-corrected chi connectivity index (χ4v) is 2.56. The number of rotatable bonds is 6. The molecule has 0 aliphatic heterocycles. The van der Waals surface area contributed by atoms with Gasteiger partial charge in [-0.2, -0.15) is 0 Å². The topological polar surface area (TPSA) is 72.6 Å². The van der Waals surface area contributed by atoms with Crippen LogP contribution in [-0.2, 0) is 16.0 Å². The fraction of sp³-hybridized carbons (Fsp3) is 0.312. The minimum Gasteiger partial charge on any atom is -0.507 e. The van der Waals surface area contributed by atoms with Crippen LogP contribution in [0.25, 0.3) is 6.08 Å². The summed E-state index contributed by atoms with van der Waals surface area (Å²) in [5, 5.41) is 10.4. The van der Waals surface area contributed by atoms with Crippen molar-refractivity contribution in [2.75, 3.05) is 18.6 Å². The van der Waals surface area contributed by atoms with Gasteiger partial charge < -0.3 is 15.6 Å². The van der Waals surface area contributed by atoms with Crippen LogP contribution >= 0.6 is 11.8 Å². The van der Waals surface area contributed by atoms with E-state index in [1.54, 1.807) is 13.0 Å². The molecular weight excluding hydrogens is 286 g/mol. The van der Waals surface area contributed by atoms with Crippen LogP contribution in [0.3, 0.4) is 0 Å². The first kappa shape index (κ1) is 17.0. The Morgan fingerprint density at radius 2 is 2.33 bits per heavy atom. The number of carbonyl (C=O) groups excluding carboxylic acids is 1. The SMILES string of the molecule is C#CCCc1cc(N)c(SC)c(C=CC(=O)OCC)c1O. The summed E-state index contributed by atoms with van der Waals surface area (Å²) in [5.41, 5.74) is 7.75. The van der Waals surface area contributed by atoms with Crippen molar-refractivity contribution in [2.45, 2.75) is 24.7 Å². The van der Waals surface area contributed by atoms with Crippen LogP contribution in [0.1, 0.15) is 24.5 Å². The number of nitrogen functional groups attached to an aromatic ring is 1. The normalized spacial score (nSPS) is 10.5. The van der Waals surface area contributed by atoms with E-state index in [0.717, 1.165) is 4.90 Å². The number of carbonyl (C=O) groups is 1. The molecule has 0 saturated carbocycles. The van der Waals surface area contributed by atoms with Crippen molar-refractivity contribution in [3.8, 4) is 18.1 Å². The Balaban J connectivity index is 3.23. The highest BCUT2D eigenvalue weighted by atomic mass is 32.2. The summed E-state index contributed by atoms with van der Waals surface area (Å²) in [6, 6.07) is 1.72. The molecule has 3 N–H and O–H groups in total. The molecule has 21 heavy (non-hydrogen) atoms. The van der Waals surface area contributed by atoms with Gasteiger partial charge in [0.15, 0.2) is 0 Å². The van der Waals surface area contributed by atoms with Crippen molar-refractivity contribution < 1.29 is 14.6 Å². The molecule has 112 valence electrons. The molecule has 0 fully saturated rings. The van der Waals surface area contributed by atoms with Crippen molar-refractivity contribution in [1.29, 1.82) is 0 Å². The lowest BCUT2D eigenvalue weighted by atomic mass is 10.0. The number of esters is 1. The largest absolute Gasteiger partial charge is 0.507 e. The van der Waals surface area contributed by atoms with Gasteiger partial charge in [-0.15, -0.1) is 24.1 Å². The van der Waals surface area contributed by atoms with E-state index >= 15 is 0 Å². The summed E-state index contributed by atoms with van der Waals surface area (Å²) < 4.78 is 4.83. The maximum absolute atomic E-state index is 11.4. The second kappa shape index (κ2) is 8.28. The van der Waals surface area contributed by atoms with Crippen LogP contribution in [0, 0.1) is 12.3 Å². The number of phenols is 1. The molecule has 0 amide bonds. The smallest absolute Gasteiger partial charge is 0.330 e. The van der Waals surface area contributed by atoms with E-state index in [1.807, 2.05) is 6.26 Å². The highest BCUT2D eigenvalue weighted by molar-refractivity contribution is 7.98. The molecule has 1 rings (SSSR count). The number of hydrogen-bond donors (Lipinski definition) is 2. The minimum atomic E-state index is -0.462. The molecule has 0 aromatic heterocycles. The van der Waals surface area contributed by atoms with E-state index in [0.29, 0.717) is 36.3 Å². The van der Waals surface area contributed by atoms with Crippen molar-refractivity contribution >= 4 is 29.5 Å². The van der Waals surface area contributed by atoms with Gasteiger partial charge in [-0.1, -0.05) is 0 Å². The van der Waals surface area contributed by atoms with Gasteiger partial charge >= 0.3 is 5.97 Å². The highest BCUT2D eigenvalue weighted by Crippen LogP contribution is 2.37. The Kier molecular flexibility index (Phi) is 6.70. The monoisotopic (exact) mass is 305 g/mol. The Bertz CT molecular complexity index is 588. The van der Waals surface area contributed by atoms with E-state index in [9.17, 15) is 9.90 Å². The molecule has 0 aliphatic rings. The Hall–Kier alpha value is -2.06. The lowest BCUT2D eigenvalue weighted by Gasteiger charge is -2.13. The number of nitrogens with two attached hydrogens (primary N) is 1. The summed E-state index contributed by atoms with van der Waals surface area (Å²) >= 11 is 1.41. The van der Waals surface area contributed by atoms with Gasteiger partial charge in [0, 0.05) is 28.6 Å². The first-order chi connectivity index (χ1) is 10.0. The maximum Gasteiger partial charge on any atom is 0.330 e. The van der Waals surface area contributed by atoms with Gasteiger partial charge in [0.25, 0.3) is 0 Å². The van der Waals surface area contributed by atoms with Gasteiger partial charge in [-0.3, -0.25) is 0 Å². The molecule has 0 radical (unpaired) electrons. The lowest BCUT2D eigenvalue weighted by molar-refractivity contribution is -0.137. The molecule has 0 heterocycles. The number of thioether (sulfide) groups is 1. The van der Waals surface area contributed by atoms with Crippen molar-refractivity contribution in [3.63, 3.8) is 0 Å². The highest BCUT2D eigenvalue weighted by Gasteiger charge is 2.14. The molecule has 1 aromatic carbocycles. The molecular formula is C16H19NO3S. The standard InChI is InChI=1S/C16H19NO3S/c1-4-6-7-11-10-13(17)16(21-3)12(15(11)19)8-9-14(18)20-5-2/h1,8-10,19H,5-7,17H2,2-3H3. The van der Waals surface area contributed by atoms with E-state index < -0.39 is 5.97 Å². The Labute approximate surface area is 129 Å². The van der Waals surface area contributed by atoms with Gasteiger partial charge in [0.05, 0.1) is 6.61 Å². The fourth-order valence-electron chi connectivity index (χ4n) is 1.88. The molecule has 4 nitrogen and oxygen atoms in total. The first-order valence-corrected chi connectivity index (χ1v) is 7.74. The van der Waals surface area contributed by atoms with Crippen LogP contribution in [-0.4, -0.2) is 23.9 Å². The van der Waals surface area contributed by atoms with Crippen molar-refractivity contribution in [1.82, 2.24) is 0 Å². The number of phenolic OH excluding ortho intramolecular Hbond substituents is 1. The van der Waals surface area contributed by atoms with Gasteiger partial charge in [-0.25, -0.2) is 4.79 Å². The number of ether oxygens (including phenoxy) is 1. The van der Waals surface area contributed by atoms with Gasteiger partial charge in [0.1, 0.15) is 5.75 Å². The molecule has 0 atom stereocenters. The van der Waals surface area contributed by atoms with E-state index in [1.165, 1.54) is 23.9 Å². The predicted octanol–water partition coefficient (Wildman–Crippen LogP) is 2.84. The third-order valence-corrected chi connectivity index (χ3v) is 3.68. The van der Waals surface area contributed by atoms with E-state index in [-0.39, 0.29) is 5.75 Å². The zero-order valence-corrected chi connectivity index (χ0v) is 13.0. The second-order valence-corrected chi connectivity index (χ2v) is 5.03. The molecule has 0 bridgehead atoms. The molecule has 0 aliphatic carbocycles.